The smallest absolute Gasteiger partial charge is 0.246 e. The number of fused-ring (bicyclic) bond motifs is 1. The number of likely N-dealkylation sites (N-methyl/N-ethyl adjacent to an activating group) is 1. The summed E-state index contributed by atoms with van der Waals surface area (Å²) in [4.78, 5) is 14.8. The predicted molar refractivity (Wildman–Crippen MR) is 111 cm³/mol. The summed E-state index contributed by atoms with van der Waals surface area (Å²) >= 11 is 0. The Morgan fingerprint density at radius 2 is 1.86 bits per heavy atom. The van der Waals surface area contributed by atoms with Crippen LogP contribution in [0.3, 0.4) is 0 Å². The molecule has 148 valence electrons. The molecule has 2 aromatic carbocycles. The van der Waals surface area contributed by atoms with Crippen LogP contribution in [0.25, 0.3) is 5.70 Å². The monoisotopic (exact) mass is 380 g/mol. The molecule has 0 atom stereocenters. The molecule has 0 unspecified atom stereocenters. The molecule has 0 spiro atoms. The second-order valence-corrected chi connectivity index (χ2v) is 7.64. The van der Waals surface area contributed by atoms with E-state index in [-0.39, 0.29) is 11.4 Å². The van der Waals surface area contributed by atoms with Crippen molar-refractivity contribution in [2.45, 2.75) is 32.4 Å². The van der Waals surface area contributed by atoms with Crippen molar-refractivity contribution >= 4 is 11.6 Å². The second kappa shape index (κ2) is 7.97. The van der Waals surface area contributed by atoms with E-state index in [9.17, 15) is 4.79 Å². The molecule has 0 saturated heterocycles. The van der Waals surface area contributed by atoms with Crippen molar-refractivity contribution < 1.29 is 14.3 Å². The lowest BCUT2D eigenvalue weighted by Crippen LogP contribution is -2.45. The summed E-state index contributed by atoms with van der Waals surface area (Å²) in [6.07, 6.45) is 2.64. The number of nitrogens with zero attached hydrogens (tertiary/aromatic N) is 1. The third kappa shape index (κ3) is 3.98. The van der Waals surface area contributed by atoms with Crippen LogP contribution >= 0.6 is 0 Å². The molecule has 2 aromatic rings. The van der Waals surface area contributed by atoms with E-state index in [4.69, 9.17) is 9.47 Å². The maximum absolute atomic E-state index is 12.7. The first kappa shape index (κ1) is 19.8. The average Bonchev–Trinajstić information content (AvgIpc) is 2.69. The van der Waals surface area contributed by atoms with Gasteiger partial charge in [-0.1, -0.05) is 30.3 Å². The molecule has 0 saturated carbocycles. The molecule has 0 aromatic heterocycles. The molecule has 1 aliphatic heterocycles. The summed E-state index contributed by atoms with van der Waals surface area (Å²) in [5.74, 6) is 1.20. The molecule has 0 bridgehead atoms. The van der Waals surface area contributed by atoms with Gasteiger partial charge < -0.3 is 19.7 Å². The first-order chi connectivity index (χ1) is 13.4. The van der Waals surface area contributed by atoms with Crippen molar-refractivity contribution in [2.75, 3.05) is 21.3 Å². The molecule has 5 heteroatoms. The minimum atomic E-state index is -0.121. The maximum atomic E-state index is 12.7. The Labute approximate surface area is 167 Å². The molecular weight excluding hydrogens is 352 g/mol. The first-order valence-electron chi connectivity index (χ1n) is 9.38. The highest BCUT2D eigenvalue weighted by Gasteiger charge is 2.33. The van der Waals surface area contributed by atoms with Gasteiger partial charge in [0, 0.05) is 36.5 Å². The van der Waals surface area contributed by atoms with Gasteiger partial charge >= 0.3 is 0 Å². The van der Waals surface area contributed by atoms with E-state index >= 15 is 0 Å². The van der Waals surface area contributed by atoms with Crippen molar-refractivity contribution in [3.63, 3.8) is 0 Å². The van der Waals surface area contributed by atoms with Gasteiger partial charge in [-0.15, -0.1) is 0 Å². The number of carbonyl (C=O) groups is 1. The lowest BCUT2D eigenvalue weighted by molar-refractivity contribution is -0.116. The number of ether oxygens (including phenoxy) is 2. The normalized spacial score (nSPS) is 16.5. The summed E-state index contributed by atoms with van der Waals surface area (Å²) < 4.78 is 10.6. The lowest BCUT2D eigenvalue weighted by atomic mass is 9.84. The molecule has 1 N–H and O–H groups in total. The maximum Gasteiger partial charge on any atom is 0.246 e. The van der Waals surface area contributed by atoms with Crippen molar-refractivity contribution in [3.8, 4) is 11.5 Å². The van der Waals surface area contributed by atoms with E-state index in [1.165, 1.54) is 5.56 Å². The first-order valence-corrected chi connectivity index (χ1v) is 9.38. The van der Waals surface area contributed by atoms with Gasteiger partial charge in [0.2, 0.25) is 5.91 Å². The Hall–Kier alpha value is -2.95. The third-order valence-corrected chi connectivity index (χ3v) is 5.37. The Balaban J connectivity index is 1.79. The second-order valence-electron chi connectivity index (χ2n) is 7.64. The minimum absolute atomic E-state index is 0.0518. The van der Waals surface area contributed by atoms with Crippen molar-refractivity contribution in [2.24, 2.45) is 0 Å². The zero-order chi connectivity index (χ0) is 20.3. The summed E-state index contributed by atoms with van der Waals surface area (Å²) in [7, 11) is 5.25. The number of hydrogen-bond donors (Lipinski definition) is 1. The Morgan fingerprint density at radius 1 is 1.14 bits per heavy atom. The summed E-state index contributed by atoms with van der Waals surface area (Å²) in [6, 6.07) is 13.9. The number of hydrogen-bond acceptors (Lipinski definition) is 4. The molecule has 1 amide bonds. The van der Waals surface area contributed by atoms with Gasteiger partial charge in [0.25, 0.3) is 0 Å². The molecule has 3 rings (SSSR count). The van der Waals surface area contributed by atoms with Crippen LogP contribution in [0, 0.1) is 0 Å². The number of carbonyl (C=O) groups excluding carboxylic acids is 1. The highest BCUT2D eigenvalue weighted by molar-refractivity contribution is 5.95. The van der Waals surface area contributed by atoms with Crippen LogP contribution in [0.2, 0.25) is 0 Å². The number of benzene rings is 2. The zero-order valence-electron chi connectivity index (χ0n) is 17.2. The highest BCUT2D eigenvalue weighted by Crippen LogP contribution is 2.36. The Kier molecular flexibility index (Phi) is 5.63. The molecule has 0 radical (unpaired) electrons. The van der Waals surface area contributed by atoms with E-state index in [0.29, 0.717) is 18.0 Å². The quantitative estimate of drug-likeness (QED) is 0.805. The molecular formula is C23H28N2O3. The summed E-state index contributed by atoms with van der Waals surface area (Å²) in [5, 5.41) is 2.98. The van der Waals surface area contributed by atoms with Gasteiger partial charge in [-0.3, -0.25) is 4.79 Å². The zero-order valence-corrected chi connectivity index (χ0v) is 17.2. The van der Waals surface area contributed by atoms with Gasteiger partial charge in [0.1, 0.15) is 0 Å². The largest absolute Gasteiger partial charge is 0.493 e. The van der Waals surface area contributed by atoms with Crippen LogP contribution in [0.4, 0.5) is 0 Å². The van der Waals surface area contributed by atoms with Gasteiger partial charge in [-0.25, -0.2) is 0 Å². The number of methoxy groups -OCH3 is 2. The number of rotatable bonds is 5. The van der Waals surface area contributed by atoms with Gasteiger partial charge in [-0.2, -0.15) is 0 Å². The van der Waals surface area contributed by atoms with Crippen LogP contribution < -0.4 is 14.8 Å². The third-order valence-electron chi connectivity index (χ3n) is 5.37. The van der Waals surface area contributed by atoms with E-state index in [1.807, 2.05) is 31.3 Å². The fraction of sp³-hybridized carbons (Fsp3) is 0.348. The van der Waals surface area contributed by atoms with E-state index < -0.39 is 0 Å². The lowest BCUT2D eigenvalue weighted by Gasteiger charge is -2.44. The van der Waals surface area contributed by atoms with Crippen LogP contribution in [-0.2, 0) is 17.8 Å². The van der Waals surface area contributed by atoms with Crippen LogP contribution in [0.5, 0.6) is 11.5 Å². The fourth-order valence-corrected chi connectivity index (χ4v) is 3.55. The van der Waals surface area contributed by atoms with Gasteiger partial charge in [0.15, 0.2) is 11.5 Å². The van der Waals surface area contributed by atoms with Gasteiger partial charge in [0.05, 0.1) is 14.2 Å². The standard InChI is InChI=1S/C23H28N2O3/c1-23(2)14-17-8-6-7-9-18(17)19(25(23)3)13-22(26)24-15-16-10-11-20(27-4)21(12-16)28-5/h6-13H,14-15H2,1-5H3,(H,24,26). The fourth-order valence-electron chi connectivity index (χ4n) is 3.55. The summed E-state index contributed by atoms with van der Waals surface area (Å²) in [5.41, 5.74) is 4.22. The van der Waals surface area contributed by atoms with Crippen molar-refractivity contribution in [3.05, 3.63) is 65.2 Å². The van der Waals surface area contributed by atoms with Crippen molar-refractivity contribution in [1.82, 2.24) is 10.2 Å². The Bertz CT molecular complexity index is 902. The van der Waals surface area contributed by atoms with E-state index in [2.05, 4.69) is 42.3 Å². The van der Waals surface area contributed by atoms with E-state index in [1.54, 1.807) is 20.3 Å². The predicted octanol–water partition coefficient (Wildman–Crippen LogP) is 3.63. The van der Waals surface area contributed by atoms with Crippen LogP contribution in [-0.4, -0.2) is 37.6 Å². The average molecular weight is 380 g/mol. The van der Waals surface area contributed by atoms with Crippen LogP contribution in [0.15, 0.2) is 48.5 Å². The minimum Gasteiger partial charge on any atom is -0.493 e. The molecule has 5 nitrogen and oxygen atoms in total. The number of nitrogens with one attached hydrogen (secondary N) is 1. The molecule has 28 heavy (non-hydrogen) atoms. The highest BCUT2D eigenvalue weighted by atomic mass is 16.5. The Morgan fingerprint density at radius 3 is 2.57 bits per heavy atom. The van der Waals surface area contributed by atoms with Gasteiger partial charge in [-0.05, 0) is 43.5 Å². The molecule has 1 heterocycles. The summed E-state index contributed by atoms with van der Waals surface area (Å²) in [6.45, 7) is 4.80. The van der Waals surface area contributed by atoms with E-state index in [0.717, 1.165) is 23.2 Å². The van der Waals surface area contributed by atoms with Crippen LogP contribution in [0.1, 0.15) is 30.5 Å². The SMILES string of the molecule is COc1ccc(CNC(=O)C=C2c3ccccc3CC(C)(C)N2C)cc1OC. The topological polar surface area (TPSA) is 50.8 Å². The molecule has 0 aliphatic carbocycles. The van der Waals surface area contributed by atoms with Crippen molar-refractivity contribution in [1.29, 1.82) is 0 Å². The molecule has 1 aliphatic rings. The molecule has 0 fully saturated rings. The number of amides is 1.